The van der Waals surface area contributed by atoms with Gasteiger partial charge in [-0.3, -0.25) is 4.90 Å². The molecule has 2 aromatic rings. The maximum atomic E-state index is 13.1. The largest absolute Gasteiger partial charge is 0.389 e. The van der Waals surface area contributed by atoms with Crippen LogP contribution in [0.15, 0.2) is 24.8 Å². The number of carbonyl (C=O) groups excluding carboxylic acids is 1. The first-order valence-electron chi connectivity index (χ1n) is 9.62. The summed E-state index contributed by atoms with van der Waals surface area (Å²) >= 11 is 0. The van der Waals surface area contributed by atoms with E-state index in [0.29, 0.717) is 13.1 Å². The van der Waals surface area contributed by atoms with Gasteiger partial charge in [-0.1, -0.05) is 0 Å². The Labute approximate surface area is 166 Å². The normalized spacial score (nSPS) is 18.7. The molecular formula is C19H31N7O2. The third-order valence-corrected chi connectivity index (χ3v) is 5.08. The summed E-state index contributed by atoms with van der Waals surface area (Å²) < 4.78 is 3.79. The molecule has 0 spiro atoms. The maximum Gasteiger partial charge on any atom is 0.318 e. The van der Waals surface area contributed by atoms with Crippen molar-refractivity contribution in [1.82, 2.24) is 34.2 Å². The molecule has 0 aliphatic carbocycles. The average molecular weight is 390 g/mol. The third kappa shape index (κ3) is 4.53. The lowest BCUT2D eigenvalue weighted by Gasteiger charge is -2.41. The van der Waals surface area contributed by atoms with Gasteiger partial charge in [0.05, 0.1) is 5.60 Å². The van der Waals surface area contributed by atoms with Gasteiger partial charge in [0, 0.05) is 71.1 Å². The second-order valence-corrected chi connectivity index (χ2v) is 8.27. The fraction of sp³-hybridized carbons (Fsp3) is 0.632. The summed E-state index contributed by atoms with van der Waals surface area (Å²) in [6.45, 7) is 8.31. The zero-order chi connectivity index (χ0) is 20.5. The summed E-state index contributed by atoms with van der Waals surface area (Å²) in [6, 6.07) is -0.528. The molecule has 2 aromatic heterocycles. The lowest BCUT2D eigenvalue weighted by molar-refractivity contribution is 0.0117. The highest BCUT2D eigenvalue weighted by atomic mass is 16.3. The molecule has 1 fully saturated rings. The van der Waals surface area contributed by atoms with Crippen LogP contribution in [0, 0.1) is 0 Å². The molecule has 154 valence electrons. The topological polar surface area (TPSA) is 91.4 Å². The molecule has 1 saturated heterocycles. The van der Waals surface area contributed by atoms with Gasteiger partial charge in [-0.25, -0.2) is 14.8 Å². The van der Waals surface area contributed by atoms with Crippen molar-refractivity contribution in [2.45, 2.75) is 38.5 Å². The number of aliphatic hydroxyl groups is 1. The maximum absolute atomic E-state index is 13.1. The van der Waals surface area contributed by atoms with Gasteiger partial charge in [0.25, 0.3) is 0 Å². The number of aryl methyl sites for hydroxylation is 2. The molecule has 28 heavy (non-hydrogen) atoms. The minimum atomic E-state index is -0.744. The van der Waals surface area contributed by atoms with E-state index in [1.807, 2.05) is 47.4 Å². The van der Waals surface area contributed by atoms with Crippen LogP contribution in [0.5, 0.6) is 0 Å². The summed E-state index contributed by atoms with van der Waals surface area (Å²) in [6.07, 6.45) is 7.15. The van der Waals surface area contributed by atoms with Gasteiger partial charge < -0.3 is 24.5 Å². The average Bonchev–Trinajstić information content (AvgIpc) is 3.19. The number of nitrogens with one attached hydrogen (secondary N) is 1. The smallest absolute Gasteiger partial charge is 0.318 e. The van der Waals surface area contributed by atoms with Gasteiger partial charge in [0.2, 0.25) is 0 Å². The fourth-order valence-electron chi connectivity index (χ4n) is 3.79. The Morgan fingerprint density at radius 3 is 2.21 bits per heavy atom. The van der Waals surface area contributed by atoms with Crippen LogP contribution in [0.1, 0.15) is 38.5 Å². The molecule has 3 heterocycles. The molecule has 1 aliphatic rings. The lowest BCUT2D eigenvalue weighted by atomic mass is 10.1. The fourth-order valence-corrected chi connectivity index (χ4v) is 3.79. The van der Waals surface area contributed by atoms with Crippen LogP contribution in [-0.2, 0) is 14.1 Å². The summed E-state index contributed by atoms with van der Waals surface area (Å²) in [5, 5.41) is 13.2. The molecular weight excluding hydrogens is 358 g/mol. The molecule has 2 amide bonds. The SMILES string of the molecule is CC1CN(CC(C)(C)O)CCN1C(=O)NC(c1nccn1C)c1nccn1C. The van der Waals surface area contributed by atoms with Crippen molar-refractivity contribution in [3.8, 4) is 0 Å². The molecule has 9 nitrogen and oxygen atoms in total. The van der Waals surface area contributed by atoms with Crippen LogP contribution < -0.4 is 5.32 Å². The van der Waals surface area contributed by atoms with Gasteiger partial charge in [-0.15, -0.1) is 0 Å². The highest BCUT2D eigenvalue weighted by molar-refractivity contribution is 5.75. The molecule has 1 aliphatic heterocycles. The van der Waals surface area contributed by atoms with Gasteiger partial charge in [0.15, 0.2) is 0 Å². The van der Waals surface area contributed by atoms with Gasteiger partial charge >= 0.3 is 6.03 Å². The van der Waals surface area contributed by atoms with Crippen molar-refractivity contribution in [2.75, 3.05) is 26.2 Å². The van der Waals surface area contributed by atoms with Crippen LogP contribution in [0.25, 0.3) is 0 Å². The standard InChI is InChI=1S/C19H31N7O2/c1-14-12-25(13-19(2,3)28)10-11-26(14)18(27)22-15(16-20-6-8-23(16)4)17-21-7-9-24(17)5/h6-9,14-15,28H,10-13H2,1-5H3,(H,22,27). The van der Waals surface area contributed by atoms with E-state index >= 15 is 0 Å². The Morgan fingerprint density at radius 1 is 1.21 bits per heavy atom. The van der Waals surface area contributed by atoms with Crippen molar-refractivity contribution >= 4 is 6.03 Å². The third-order valence-electron chi connectivity index (χ3n) is 5.08. The number of piperazine rings is 1. The van der Waals surface area contributed by atoms with Crippen molar-refractivity contribution in [3.63, 3.8) is 0 Å². The summed E-state index contributed by atoms with van der Waals surface area (Å²) in [5.74, 6) is 1.46. The number of β-amino-alcohol motifs (C(OH)–C–C–N with tert-alkyl or cyclic N) is 1. The number of hydrogen-bond acceptors (Lipinski definition) is 5. The van der Waals surface area contributed by atoms with E-state index in [2.05, 4.69) is 20.2 Å². The monoisotopic (exact) mass is 389 g/mol. The Hall–Kier alpha value is -2.39. The van der Waals surface area contributed by atoms with Crippen molar-refractivity contribution in [2.24, 2.45) is 14.1 Å². The molecule has 9 heteroatoms. The van der Waals surface area contributed by atoms with E-state index < -0.39 is 11.6 Å². The van der Waals surface area contributed by atoms with Crippen LogP contribution in [0.3, 0.4) is 0 Å². The van der Waals surface area contributed by atoms with Crippen molar-refractivity contribution in [1.29, 1.82) is 0 Å². The molecule has 1 unspecified atom stereocenters. The summed E-state index contributed by atoms with van der Waals surface area (Å²) in [5.41, 5.74) is -0.744. The van der Waals surface area contributed by atoms with Gasteiger partial charge in [-0.05, 0) is 20.8 Å². The highest BCUT2D eigenvalue weighted by Gasteiger charge is 2.32. The Morgan fingerprint density at radius 2 is 1.79 bits per heavy atom. The molecule has 0 bridgehead atoms. The predicted octanol–water partition coefficient (Wildman–Crippen LogP) is 0.730. The van der Waals surface area contributed by atoms with E-state index in [4.69, 9.17) is 0 Å². The van der Waals surface area contributed by atoms with Crippen LogP contribution >= 0.6 is 0 Å². The second-order valence-electron chi connectivity index (χ2n) is 8.27. The van der Waals surface area contributed by atoms with Crippen LogP contribution in [0.2, 0.25) is 0 Å². The number of amides is 2. The highest BCUT2D eigenvalue weighted by Crippen LogP contribution is 2.20. The van der Waals surface area contributed by atoms with Gasteiger partial charge in [-0.2, -0.15) is 0 Å². The number of carbonyl (C=O) groups is 1. The predicted molar refractivity (Wildman–Crippen MR) is 106 cm³/mol. The number of urea groups is 1. The molecule has 0 saturated carbocycles. The van der Waals surface area contributed by atoms with Crippen LogP contribution in [-0.4, -0.2) is 77.9 Å². The summed E-state index contributed by atoms with van der Waals surface area (Å²) in [7, 11) is 3.81. The number of imidazole rings is 2. The van der Waals surface area contributed by atoms with Crippen molar-refractivity contribution < 1.29 is 9.90 Å². The van der Waals surface area contributed by atoms with Gasteiger partial charge in [0.1, 0.15) is 17.7 Å². The Balaban J connectivity index is 1.73. The number of hydrogen-bond donors (Lipinski definition) is 2. The zero-order valence-electron chi connectivity index (χ0n) is 17.3. The summed E-state index contributed by atoms with van der Waals surface area (Å²) in [4.78, 5) is 26.0. The van der Waals surface area contributed by atoms with Crippen molar-refractivity contribution in [3.05, 3.63) is 36.4 Å². The van der Waals surface area contributed by atoms with E-state index in [1.165, 1.54) is 0 Å². The first-order valence-corrected chi connectivity index (χ1v) is 9.62. The molecule has 1 atom stereocenters. The first kappa shape index (κ1) is 20.3. The Kier molecular flexibility index (Phi) is 5.76. The van der Waals surface area contributed by atoms with Crippen LogP contribution in [0.4, 0.5) is 4.79 Å². The molecule has 0 aromatic carbocycles. The van der Waals surface area contributed by atoms with E-state index in [1.54, 1.807) is 26.2 Å². The first-order chi connectivity index (χ1) is 13.2. The minimum Gasteiger partial charge on any atom is -0.389 e. The minimum absolute atomic E-state index is 0.0412. The van der Waals surface area contributed by atoms with E-state index in [-0.39, 0.29) is 12.1 Å². The molecule has 2 N–H and O–H groups in total. The van der Waals surface area contributed by atoms with E-state index in [9.17, 15) is 9.90 Å². The number of aromatic nitrogens is 4. The number of rotatable bonds is 5. The number of nitrogens with zero attached hydrogens (tertiary/aromatic N) is 6. The zero-order valence-corrected chi connectivity index (χ0v) is 17.3. The quantitative estimate of drug-likeness (QED) is 0.787. The molecule has 0 radical (unpaired) electrons. The van der Waals surface area contributed by atoms with E-state index in [0.717, 1.165) is 24.7 Å². The molecule has 3 rings (SSSR count). The second kappa shape index (κ2) is 7.92. The lowest BCUT2D eigenvalue weighted by Crippen LogP contribution is -2.58. The Bertz CT molecular complexity index is 767.